The van der Waals surface area contributed by atoms with Crippen molar-refractivity contribution in [3.05, 3.63) is 65.6 Å². The standard InChI is InChI=1S/C33H40FN7O5S/c1-6-21-17-26(25-15-16-28(39-30(25)45-5)41-47(43,44)19-20-7-9-22(34)10-8-20)38-27-18-35-31(40-29(21)27)36-23-11-13-24(14-12-23)37-32(42)46-33(2,3)4/h7-10,15-18,23-24H,6,11-14,19H2,1-5H3,(H,37,42)(H,39,41)(H,35,36,40). The minimum absolute atomic E-state index is 0.0666. The Morgan fingerprint density at radius 3 is 2.36 bits per heavy atom. The number of nitrogens with zero attached hydrogens (tertiary/aromatic N) is 4. The average molecular weight is 666 g/mol. The fraction of sp³-hybridized carbons (Fsp3) is 0.424. The summed E-state index contributed by atoms with van der Waals surface area (Å²) in [6.45, 7) is 7.57. The van der Waals surface area contributed by atoms with Crippen molar-refractivity contribution >= 4 is 38.9 Å². The molecule has 12 nitrogen and oxygen atoms in total. The number of carbonyl (C=O) groups excluding carboxylic acids is 1. The van der Waals surface area contributed by atoms with Gasteiger partial charge in [0.15, 0.2) is 0 Å². The summed E-state index contributed by atoms with van der Waals surface area (Å²) < 4.78 is 52.1. The van der Waals surface area contributed by atoms with Crippen molar-refractivity contribution in [2.24, 2.45) is 0 Å². The molecule has 0 spiro atoms. The number of methoxy groups -OCH3 is 1. The predicted molar refractivity (Wildman–Crippen MR) is 178 cm³/mol. The van der Waals surface area contributed by atoms with Crippen molar-refractivity contribution in [2.75, 3.05) is 17.1 Å². The van der Waals surface area contributed by atoms with Crippen LogP contribution >= 0.6 is 0 Å². The molecule has 0 unspecified atom stereocenters. The van der Waals surface area contributed by atoms with E-state index in [1.54, 1.807) is 18.3 Å². The minimum Gasteiger partial charge on any atom is -0.480 e. The lowest BCUT2D eigenvalue weighted by Gasteiger charge is -2.30. The smallest absolute Gasteiger partial charge is 0.407 e. The zero-order valence-electron chi connectivity index (χ0n) is 27.1. The topological polar surface area (TPSA) is 157 Å². The van der Waals surface area contributed by atoms with E-state index in [1.807, 2.05) is 33.8 Å². The van der Waals surface area contributed by atoms with Gasteiger partial charge in [-0.05, 0) is 94.3 Å². The van der Waals surface area contributed by atoms with Gasteiger partial charge < -0.3 is 20.1 Å². The Labute approximate surface area is 274 Å². The van der Waals surface area contributed by atoms with E-state index in [9.17, 15) is 17.6 Å². The Kier molecular flexibility index (Phi) is 10.1. The summed E-state index contributed by atoms with van der Waals surface area (Å²) >= 11 is 0. The number of anilines is 2. The number of nitrogens with one attached hydrogen (secondary N) is 3. The van der Waals surface area contributed by atoms with E-state index in [2.05, 4.69) is 25.3 Å². The maximum absolute atomic E-state index is 13.2. The molecule has 1 aliphatic carbocycles. The van der Waals surface area contributed by atoms with Crippen LogP contribution in [0.2, 0.25) is 0 Å². The summed E-state index contributed by atoms with van der Waals surface area (Å²) in [5, 5.41) is 6.41. The summed E-state index contributed by atoms with van der Waals surface area (Å²) in [5.41, 5.74) is 3.34. The second-order valence-corrected chi connectivity index (χ2v) is 14.2. The molecule has 5 rings (SSSR count). The molecule has 1 amide bonds. The number of hydrogen-bond donors (Lipinski definition) is 3. The van der Waals surface area contributed by atoms with Crippen molar-refractivity contribution in [3.8, 4) is 17.1 Å². The van der Waals surface area contributed by atoms with Gasteiger partial charge in [0.25, 0.3) is 0 Å². The molecule has 4 aromatic rings. The number of aryl methyl sites for hydroxylation is 1. The highest BCUT2D eigenvalue weighted by atomic mass is 32.2. The molecule has 0 saturated heterocycles. The summed E-state index contributed by atoms with van der Waals surface area (Å²) in [6, 6.07) is 10.7. The molecule has 0 atom stereocenters. The van der Waals surface area contributed by atoms with Crippen LogP contribution in [0.3, 0.4) is 0 Å². The number of ether oxygens (including phenoxy) is 2. The maximum Gasteiger partial charge on any atom is 0.407 e. The minimum atomic E-state index is -3.82. The summed E-state index contributed by atoms with van der Waals surface area (Å²) in [4.78, 5) is 30.6. The van der Waals surface area contributed by atoms with Crippen molar-refractivity contribution in [2.45, 2.75) is 83.2 Å². The number of hydrogen-bond acceptors (Lipinski definition) is 10. The highest BCUT2D eigenvalue weighted by Gasteiger charge is 2.25. The van der Waals surface area contributed by atoms with Gasteiger partial charge in [-0.2, -0.15) is 4.98 Å². The van der Waals surface area contributed by atoms with Crippen LogP contribution in [0.25, 0.3) is 22.3 Å². The Hall–Kier alpha value is -4.59. The second-order valence-electron chi connectivity index (χ2n) is 12.5. The molecule has 0 radical (unpaired) electrons. The largest absolute Gasteiger partial charge is 0.480 e. The Bertz CT molecular complexity index is 1840. The second kappa shape index (κ2) is 14.0. The molecule has 1 aliphatic rings. The number of aromatic nitrogens is 4. The summed E-state index contributed by atoms with van der Waals surface area (Å²) in [7, 11) is -2.37. The fourth-order valence-electron chi connectivity index (χ4n) is 5.45. The van der Waals surface area contributed by atoms with Crippen LogP contribution in [0, 0.1) is 5.82 Å². The molecular formula is C33H40FN7O5S. The lowest BCUT2D eigenvalue weighted by atomic mass is 9.91. The van der Waals surface area contributed by atoms with Gasteiger partial charge in [-0.3, -0.25) is 4.72 Å². The number of alkyl carbamates (subject to hydrolysis) is 1. The Morgan fingerprint density at radius 1 is 1.00 bits per heavy atom. The zero-order chi connectivity index (χ0) is 33.8. The first kappa shape index (κ1) is 33.8. The Morgan fingerprint density at radius 2 is 1.70 bits per heavy atom. The zero-order valence-corrected chi connectivity index (χ0v) is 27.9. The van der Waals surface area contributed by atoms with Crippen LogP contribution < -0.4 is 20.1 Å². The quantitative estimate of drug-likeness (QED) is 0.184. The molecule has 1 aromatic carbocycles. The monoisotopic (exact) mass is 665 g/mol. The molecule has 0 aliphatic heterocycles. The number of benzene rings is 1. The van der Waals surface area contributed by atoms with Gasteiger partial charge in [-0.1, -0.05) is 19.1 Å². The number of rotatable bonds is 10. The number of carbonyl (C=O) groups is 1. The number of pyridine rings is 2. The van der Waals surface area contributed by atoms with Crippen molar-refractivity contribution in [1.29, 1.82) is 0 Å². The number of amides is 1. The van der Waals surface area contributed by atoms with Crippen LogP contribution in [0.4, 0.5) is 21.0 Å². The third-order valence-electron chi connectivity index (χ3n) is 7.65. The third kappa shape index (κ3) is 9.03. The van der Waals surface area contributed by atoms with E-state index in [1.165, 1.54) is 31.4 Å². The molecular weight excluding hydrogens is 625 g/mol. The van der Waals surface area contributed by atoms with Gasteiger partial charge in [0.2, 0.25) is 21.9 Å². The van der Waals surface area contributed by atoms with E-state index in [-0.39, 0.29) is 29.5 Å². The first-order valence-electron chi connectivity index (χ1n) is 15.5. The number of fused-ring (bicyclic) bond motifs is 1. The van der Waals surface area contributed by atoms with E-state index in [0.29, 0.717) is 34.7 Å². The summed E-state index contributed by atoms with van der Waals surface area (Å²) in [5.74, 6) is 0.00829. The van der Waals surface area contributed by atoms with Crippen LogP contribution in [-0.4, -0.2) is 59.2 Å². The maximum atomic E-state index is 13.2. The summed E-state index contributed by atoms with van der Waals surface area (Å²) in [6.07, 6.45) is 5.32. The van der Waals surface area contributed by atoms with Crippen LogP contribution in [0.5, 0.6) is 5.88 Å². The van der Waals surface area contributed by atoms with Crippen molar-refractivity contribution in [3.63, 3.8) is 0 Å². The van der Waals surface area contributed by atoms with Gasteiger partial charge >= 0.3 is 6.09 Å². The fourth-order valence-corrected chi connectivity index (χ4v) is 6.58. The third-order valence-corrected chi connectivity index (χ3v) is 8.88. The molecule has 3 N–H and O–H groups in total. The van der Waals surface area contributed by atoms with Crippen LogP contribution in [0.15, 0.2) is 48.7 Å². The highest BCUT2D eigenvalue weighted by Crippen LogP contribution is 2.32. The van der Waals surface area contributed by atoms with E-state index >= 15 is 0 Å². The molecule has 3 aromatic heterocycles. The van der Waals surface area contributed by atoms with E-state index in [0.717, 1.165) is 36.8 Å². The van der Waals surface area contributed by atoms with Crippen LogP contribution in [0.1, 0.15) is 64.5 Å². The van der Waals surface area contributed by atoms with Gasteiger partial charge in [0.05, 0.1) is 35.8 Å². The lowest BCUT2D eigenvalue weighted by Crippen LogP contribution is -2.42. The van der Waals surface area contributed by atoms with Gasteiger partial charge in [0.1, 0.15) is 22.8 Å². The van der Waals surface area contributed by atoms with Gasteiger partial charge in [-0.25, -0.2) is 32.6 Å². The number of sulfonamides is 1. The lowest BCUT2D eigenvalue weighted by molar-refractivity contribution is 0.0492. The van der Waals surface area contributed by atoms with E-state index in [4.69, 9.17) is 19.4 Å². The van der Waals surface area contributed by atoms with Gasteiger partial charge in [-0.15, -0.1) is 0 Å². The SMILES string of the molecule is CCc1cc(-c2ccc(NS(=O)(=O)Cc3ccc(F)cc3)nc2OC)nc2cnc(NC3CCC(NC(=O)OC(C)(C)C)CC3)nc12. The van der Waals surface area contributed by atoms with Crippen molar-refractivity contribution < 1.29 is 27.1 Å². The predicted octanol–water partition coefficient (Wildman–Crippen LogP) is 5.99. The first-order chi connectivity index (χ1) is 22.3. The Balaban J connectivity index is 1.28. The molecule has 14 heteroatoms. The van der Waals surface area contributed by atoms with Crippen molar-refractivity contribution in [1.82, 2.24) is 25.3 Å². The number of halogens is 1. The molecule has 47 heavy (non-hydrogen) atoms. The highest BCUT2D eigenvalue weighted by molar-refractivity contribution is 7.91. The molecule has 0 bridgehead atoms. The van der Waals surface area contributed by atoms with Crippen LogP contribution in [-0.2, 0) is 26.9 Å². The molecule has 1 saturated carbocycles. The molecule has 3 heterocycles. The average Bonchev–Trinajstić information content (AvgIpc) is 3.01. The molecule has 250 valence electrons. The van der Waals surface area contributed by atoms with Gasteiger partial charge in [0, 0.05) is 12.1 Å². The first-order valence-corrected chi connectivity index (χ1v) is 17.2. The van der Waals surface area contributed by atoms with E-state index < -0.39 is 27.5 Å². The normalized spacial score (nSPS) is 16.8. The molecule has 1 fully saturated rings.